The highest BCUT2D eigenvalue weighted by molar-refractivity contribution is 14.1. The van der Waals surface area contributed by atoms with Gasteiger partial charge in [0.25, 0.3) is 0 Å². The Balaban J connectivity index is 3.07. The normalized spacial score (nSPS) is 9.38. The maximum atomic E-state index is 11.3. The maximum absolute atomic E-state index is 11.3. The van der Waals surface area contributed by atoms with Crippen LogP contribution >= 0.6 is 38.5 Å². The van der Waals surface area contributed by atoms with Crippen LogP contribution in [0.1, 0.15) is 6.42 Å². The van der Waals surface area contributed by atoms with Crippen molar-refractivity contribution in [2.24, 2.45) is 0 Å². The molecule has 0 spiro atoms. The van der Waals surface area contributed by atoms with Crippen LogP contribution in [0.2, 0.25) is 0 Å². The Labute approximate surface area is 115 Å². The molecular formula is C10H8BrIN2O2. The Bertz CT molecular complexity index is 457. The molecule has 0 heterocycles. The first-order valence-electron chi connectivity index (χ1n) is 4.29. The fourth-order valence-corrected chi connectivity index (χ4v) is 2.19. The van der Waals surface area contributed by atoms with E-state index < -0.39 is 0 Å². The second-order valence-corrected chi connectivity index (χ2v) is 4.84. The van der Waals surface area contributed by atoms with Gasteiger partial charge >= 0.3 is 0 Å². The molecule has 0 saturated heterocycles. The van der Waals surface area contributed by atoms with Gasteiger partial charge in [-0.2, -0.15) is 5.26 Å². The number of carbonyl (C=O) groups excluding carboxylic acids is 1. The first-order valence-corrected chi connectivity index (χ1v) is 6.16. The summed E-state index contributed by atoms with van der Waals surface area (Å²) in [5, 5.41) is 11.0. The Morgan fingerprint density at radius 3 is 2.94 bits per heavy atom. The predicted octanol–water partition coefficient (Wildman–Crippen LogP) is 2.91. The average Bonchev–Trinajstić information content (AvgIpc) is 2.24. The number of amides is 1. The number of nitriles is 1. The highest BCUT2D eigenvalue weighted by Crippen LogP contribution is 2.36. The van der Waals surface area contributed by atoms with Crippen molar-refractivity contribution in [2.45, 2.75) is 6.42 Å². The van der Waals surface area contributed by atoms with Crippen molar-refractivity contribution in [3.8, 4) is 11.8 Å². The van der Waals surface area contributed by atoms with E-state index in [1.54, 1.807) is 6.07 Å². The van der Waals surface area contributed by atoms with Gasteiger partial charge in [-0.1, -0.05) is 0 Å². The summed E-state index contributed by atoms with van der Waals surface area (Å²) in [6.45, 7) is 0. The van der Waals surface area contributed by atoms with Crippen LogP contribution in [-0.2, 0) is 4.79 Å². The van der Waals surface area contributed by atoms with E-state index in [9.17, 15) is 4.79 Å². The standard InChI is InChI=1S/C10H8BrIN2O2/c1-16-10-7(12)3-2-6(11)9(10)14-8(15)4-5-13/h2-3H,4H2,1H3,(H,14,15). The summed E-state index contributed by atoms with van der Waals surface area (Å²) in [4.78, 5) is 11.3. The van der Waals surface area contributed by atoms with E-state index >= 15 is 0 Å². The van der Waals surface area contributed by atoms with Crippen molar-refractivity contribution in [1.82, 2.24) is 0 Å². The molecule has 84 valence electrons. The average molecular weight is 395 g/mol. The molecule has 0 aliphatic carbocycles. The van der Waals surface area contributed by atoms with Crippen molar-refractivity contribution in [3.05, 3.63) is 20.2 Å². The van der Waals surface area contributed by atoms with Gasteiger partial charge in [0.1, 0.15) is 6.42 Å². The minimum Gasteiger partial charge on any atom is -0.493 e. The SMILES string of the molecule is COc1c(I)ccc(Br)c1NC(=O)CC#N. The third-order valence-electron chi connectivity index (χ3n) is 1.77. The van der Waals surface area contributed by atoms with E-state index in [1.807, 2.05) is 12.1 Å². The smallest absolute Gasteiger partial charge is 0.238 e. The summed E-state index contributed by atoms with van der Waals surface area (Å²) in [6, 6.07) is 5.47. The molecule has 0 radical (unpaired) electrons. The van der Waals surface area contributed by atoms with Crippen molar-refractivity contribution in [3.63, 3.8) is 0 Å². The first kappa shape index (κ1) is 13.3. The van der Waals surface area contributed by atoms with Crippen LogP contribution in [0.15, 0.2) is 16.6 Å². The van der Waals surface area contributed by atoms with Crippen LogP contribution in [0.3, 0.4) is 0 Å². The molecule has 4 nitrogen and oxygen atoms in total. The molecule has 6 heteroatoms. The Hall–Kier alpha value is -0.810. The Kier molecular flexibility index (Phi) is 5.02. The van der Waals surface area contributed by atoms with Crippen molar-refractivity contribution < 1.29 is 9.53 Å². The lowest BCUT2D eigenvalue weighted by Gasteiger charge is -2.12. The lowest BCUT2D eigenvalue weighted by Crippen LogP contribution is -2.12. The van der Waals surface area contributed by atoms with Crippen molar-refractivity contribution >= 4 is 50.1 Å². The zero-order chi connectivity index (χ0) is 12.1. The number of nitrogens with one attached hydrogen (secondary N) is 1. The van der Waals surface area contributed by atoms with Crippen LogP contribution in [0.5, 0.6) is 5.75 Å². The fourth-order valence-electron chi connectivity index (χ4n) is 1.10. The van der Waals surface area contributed by atoms with Crippen molar-refractivity contribution in [1.29, 1.82) is 5.26 Å². The second-order valence-electron chi connectivity index (χ2n) is 2.82. The highest BCUT2D eigenvalue weighted by Gasteiger charge is 2.13. The number of benzene rings is 1. The lowest BCUT2D eigenvalue weighted by atomic mass is 10.3. The van der Waals surface area contributed by atoms with Crippen LogP contribution in [0.25, 0.3) is 0 Å². The van der Waals surface area contributed by atoms with Gasteiger partial charge in [-0.25, -0.2) is 0 Å². The largest absolute Gasteiger partial charge is 0.493 e. The van der Waals surface area contributed by atoms with E-state index in [0.29, 0.717) is 11.4 Å². The number of ether oxygens (including phenoxy) is 1. The molecule has 1 rings (SSSR count). The van der Waals surface area contributed by atoms with E-state index in [1.165, 1.54) is 7.11 Å². The van der Waals surface area contributed by atoms with Crippen LogP contribution < -0.4 is 10.1 Å². The summed E-state index contributed by atoms with van der Waals surface area (Å²) in [7, 11) is 1.53. The van der Waals surface area contributed by atoms with Gasteiger partial charge in [0.2, 0.25) is 5.91 Å². The number of anilines is 1. The fraction of sp³-hybridized carbons (Fsp3) is 0.200. The van der Waals surface area contributed by atoms with E-state index in [4.69, 9.17) is 10.00 Å². The van der Waals surface area contributed by atoms with Gasteiger partial charge in [-0.05, 0) is 50.7 Å². The van der Waals surface area contributed by atoms with Gasteiger partial charge in [-0.3, -0.25) is 4.79 Å². The molecule has 0 saturated carbocycles. The number of methoxy groups -OCH3 is 1. The third kappa shape index (κ3) is 3.09. The topological polar surface area (TPSA) is 62.1 Å². The molecule has 0 bridgehead atoms. The maximum Gasteiger partial charge on any atom is 0.238 e. The Morgan fingerprint density at radius 1 is 1.69 bits per heavy atom. The third-order valence-corrected chi connectivity index (χ3v) is 3.28. The van der Waals surface area contributed by atoms with Gasteiger partial charge < -0.3 is 10.1 Å². The summed E-state index contributed by atoms with van der Waals surface area (Å²) in [5.74, 6) is 0.227. The summed E-state index contributed by atoms with van der Waals surface area (Å²) >= 11 is 5.43. The summed E-state index contributed by atoms with van der Waals surface area (Å²) < 4.78 is 6.80. The first-order chi connectivity index (χ1) is 7.60. The minimum atomic E-state index is -0.358. The molecule has 16 heavy (non-hydrogen) atoms. The minimum absolute atomic E-state index is 0.179. The zero-order valence-electron chi connectivity index (χ0n) is 8.38. The van der Waals surface area contributed by atoms with Gasteiger partial charge in [0.05, 0.1) is 22.4 Å². The summed E-state index contributed by atoms with van der Waals surface area (Å²) in [5.41, 5.74) is 0.551. The van der Waals surface area contributed by atoms with Crippen LogP contribution in [0.4, 0.5) is 5.69 Å². The van der Waals surface area contributed by atoms with Crippen molar-refractivity contribution in [2.75, 3.05) is 12.4 Å². The molecular weight excluding hydrogens is 387 g/mol. The number of nitrogens with zero attached hydrogens (tertiary/aromatic N) is 1. The van der Waals surface area contributed by atoms with Crippen LogP contribution in [0, 0.1) is 14.9 Å². The predicted molar refractivity (Wildman–Crippen MR) is 72.3 cm³/mol. The van der Waals surface area contributed by atoms with E-state index in [-0.39, 0.29) is 12.3 Å². The monoisotopic (exact) mass is 394 g/mol. The quantitative estimate of drug-likeness (QED) is 0.801. The molecule has 1 amide bonds. The molecule has 0 atom stereocenters. The molecule has 1 N–H and O–H groups in total. The lowest BCUT2D eigenvalue weighted by molar-refractivity contribution is -0.115. The number of rotatable bonds is 3. The molecule has 0 aliphatic rings. The molecule has 1 aromatic rings. The molecule has 1 aromatic carbocycles. The zero-order valence-corrected chi connectivity index (χ0v) is 12.1. The highest BCUT2D eigenvalue weighted by atomic mass is 127. The van der Waals surface area contributed by atoms with Gasteiger partial charge in [-0.15, -0.1) is 0 Å². The van der Waals surface area contributed by atoms with Gasteiger partial charge in [0.15, 0.2) is 5.75 Å². The van der Waals surface area contributed by atoms with E-state index in [2.05, 4.69) is 43.8 Å². The Morgan fingerprint density at radius 2 is 2.38 bits per heavy atom. The number of hydrogen-bond acceptors (Lipinski definition) is 3. The molecule has 0 aliphatic heterocycles. The van der Waals surface area contributed by atoms with Gasteiger partial charge in [0, 0.05) is 4.47 Å². The number of carbonyl (C=O) groups is 1. The van der Waals surface area contributed by atoms with E-state index in [0.717, 1.165) is 8.04 Å². The number of halogens is 2. The molecule has 0 fully saturated rings. The molecule has 0 unspecified atom stereocenters. The molecule has 0 aromatic heterocycles. The number of hydrogen-bond donors (Lipinski definition) is 1. The van der Waals surface area contributed by atoms with Crippen LogP contribution in [-0.4, -0.2) is 13.0 Å². The summed E-state index contributed by atoms with van der Waals surface area (Å²) in [6.07, 6.45) is -0.179. The second kappa shape index (κ2) is 6.06.